The fraction of sp³-hybridized carbons (Fsp3) is 0.333. The molecular weight excluding hydrogens is 254 g/mol. The van der Waals surface area contributed by atoms with E-state index in [9.17, 15) is 9.59 Å². The number of aromatic nitrogens is 2. The molecule has 0 saturated carbocycles. The highest BCUT2D eigenvalue weighted by Gasteiger charge is 2.03. The fourth-order valence-electron chi connectivity index (χ4n) is 2.07. The lowest BCUT2D eigenvalue weighted by Crippen LogP contribution is -2.40. The summed E-state index contributed by atoms with van der Waals surface area (Å²) in [5, 5.41) is 3.22. The van der Waals surface area contributed by atoms with Gasteiger partial charge in [0, 0.05) is 37.6 Å². The first-order chi connectivity index (χ1) is 9.61. The molecule has 2 rings (SSSR count). The molecule has 1 heterocycles. The Balaban J connectivity index is 2.08. The standard InChI is InChI=1S/C15H19N3O2/c1-3-17-9-7-14(19)18(15(17)20)10-8-16-13-6-4-5-12(2)11-13/h4-7,9,11,16H,3,8,10H2,1-2H3. The molecule has 1 aromatic heterocycles. The summed E-state index contributed by atoms with van der Waals surface area (Å²) in [6.45, 7) is 5.34. The smallest absolute Gasteiger partial charge is 0.331 e. The Bertz CT molecular complexity index is 701. The molecule has 0 aliphatic heterocycles. The predicted octanol–water partition coefficient (Wildman–Crippen LogP) is 1.45. The van der Waals surface area contributed by atoms with Crippen molar-refractivity contribution >= 4 is 5.69 Å². The molecule has 0 bridgehead atoms. The maximum Gasteiger partial charge on any atom is 0.331 e. The Morgan fingerprint density at radius 3 is 2.70 bits per heavy atom. The van der Waals surface area contributed by atoms with E-state index in [4.69, 9.17) is 0 Å². The van der Waals surface area contributed by atoms with Gasteiger partial charge in [-0.25, -0.2) is 4.79 Å². The number of anilines is 1. The minimum atomic E-state index is -0.259. The molecule has 0 saturated heterocycles. The van der Waals surface area contributed by atoms with Crippen LogP contribution in [0.4, 0.5) is 5.69 Å². The van der Waals surface area contributed by atoms with Crippen LogP contribution < -0.4 is 16.6 Å². The lowest BCUT2D eigenvalue weighted by Gasteiger charge is -2.10. The van der Waals surface area contributed by atoms with Crippen LogP contribution in [0.15, 0.2) is 46.1 Å². The second-order valence-electron chi connectivity index (χ2n) is 4.67. The van der Waals surface area contributed by atoms with Gasteiger partial charge in [-0.3, -0.25) is 9.36 Å². The van der Waals surface area contributed by atoms with Gasteiger partial charge in [0.1, 0.15) is 0 Å². The van der Waals surface area contributed by atoms with Gasteiger partial charge in [0.2, 0.25) is 0 Å². The zero-order valence-corrected chi connectivity index (χ0v) is 11.8. The van der Waals surface area contributed by atoms with Crippen LogP contribution in [0.2, 0.25) is 0 Å². The second kappa shape index (κ2) is 6.23. The van der Waals surface area contributed by atoms with Gasteiger partial charge >= 0.3 is 5.69 Å². The quantitative estimate of drug-likeness (QED) is 0.897. The highest BCUT2D eigenvalue weighted by atomic mass is 16.2. The molecule has 0 amide bonds. The van der Waals surface area contributed by atoms with E-state index in [1.807, 2.05) is 38.1 Å². The Hall–Kier alpha value is -2.30. The summed E-state index contributed by atoms with van der Waals surface area (Å²) >= 11 is 0. The van der Waals surface area contributed by atoms with Crippen molar-refractivity contribution in [2.45, 2.75) is 26.9 Å². The summed E-state index contributed by atoms with van der Waals surface area (Å²) in [7, 11) is 0. The summed E-state index contributed by atoms with van der Waals surface area (Å²) < 4.78 is 2.78. The first kappa shape index (κ1) is 14.1. The lowest BCUT2D eigenvalue weighted by atomic mass is 10.2. The van der Waals surface area contributed by atoms with Crippen molar-refractivity contribution in [1.29, 1.82) is 0 Å². The van der Waals surface area contributed by atoms with E-state index in [0.717, 1.165) is 5.69 Å². The van der Waals surface area contributed by atoms with Crippen LogP contribution >= 0.6 is 0 Å². The highest BCUT2D eigenvalue weighted by Crippen LogP contribution is 2.08. The molecule has 20 heavy (non-hydrogen) atoms. The molecule has 1 aromatic carbocycles. The van der Waals surface area contributed by atoms with E-state index in [1.54, 1.807) is 0 Å². The van der Waals surface area contributed by atoms with Crippen LogP contribution in [0.5, 0.6) is 0 Å². The third-order valence-electron chi connectivity index (χ3n) is 3.16. The van der Waals surface area contributed by atoms with Crippen LogP contribution in [-0.4, -0.2) is 15.7 Å². The summed E-state index contributed by atoms with van der Waals surface area (Å²) in [5.41, 5.74) is 1.64. The van der Waals surface area contributed by atoms with Crippen molar-refractivity contribution in [3.05, 3.63) is 62.9 Å². The van der Waals surface area contributed by atoms with Crippen LogP contribution in [0.3, 0.4) is 0 Å². The van der Waals surface area contributed by atoms with E-state index < -0.39 is 0 Å². The maximum atomic E-state index is 12.0. The number of aryl methyl sites for hydroxylation is 2. The molecule has 1 N–H and O–H groups in total. The van der Waals surface area contributed by atoms with E-state index >= 15 is 0 Å². The van der Waals surface area contributed by atoms with Gasteiger partial charge in [-0.2, -0.15) is 0 Å². The average molecular weight is 273 g/mol. The number of rotatable bonds is 5. The first-order valence-electron chi connectivity index (χ1n) is 6.72. The second-order valence-corrected chi connectivity index (χ2v) is 4.67. The van der Waals surface area contributed by atoms with E-state index in [2.05, 4.69) is 5.32 Å². The van der Waals surface area contributed by atoms with Crippen molar-refractivity contribution < 1.29 is 0 Å². The van der Waals surface area contributed by atoms with E-state index in [1.165, 1.54) is 27.0 Å². The van der Waals surface area contributed by atoms with Gasteiger partial charge < -0.3 is 9.88 Å². The van der Waals surface area contributed by atoms with Crippen LogP contribution in [0.25, 0.3) is 0 Å². The molecule has 0 unspecified atom stereocenters. The molecule has 2 aromatic rings. The van der Waals surface area contributed by atoms with Gasteiger partial charge in [-0.05, 0) is 31.5 Å². The van der Waals surface area contributed by atoms with Crippen LogP contribution in [-0.2, 0) is 13.1 Å². The third-order valence-corrected chi connectivity index (χ3v) is 3.16. The predicted molar refractivity (Wildman–Crippen MR) is 80.3 cm³/mol. The third kappa shape index (κ3) is 3.17. The molecule has 0 aliphatic carbocycles. The van der Waals surface area contributed by atoms with Crippen LogP contribution in [0, 0.1) is 6.92 Å². The molecule has 0 atom stereocenters. The molecule has 0 spiro atoms. The Kier molecular flexibility index (Phi) is 4.40. The summed E-state index contributed by atoms with van der Waals surface area (Å²) in [5.74, 6) is 0. The van der Waals surface area contributed by atoms with Crippen molar-refractivity contribution in [2.75, 3.05) is 11.9 Å². The van der Waals surface area contributed by atoms with Gasteiger partial charge in [0.25, 0.3) is 5.56 Å². The Labute approximate surface area is 117 Å². The van der Waals surface area contributed by atoms with Gasteiger partial charge in [0.05, 0.1) is 0 Å². The summed E-state index contributed by atoms with van der Waals surface area (Å²) in [6, 6.07) is 9.41. The SMILES string of the molecule is CCn1ccc(=O)n(CCNc2cccc(C)c2)c1=O. The van der Waals surface area contributed by atoms with Gasteiger partial charge in [0.15, 0.2) is 0 Å². The molecule has 5 heteroatoms. The monoisotopic (exact) mass is 273 g/mol. The van der Waals surface area contributed by atoms with Crippen molar-refractivity contribution in [1.82, 2.24) is 9.13 Å². The molecule has 5 nitrogen and oxygen atoms in total. The van der Waals surface area contributed by atoms with Crippen LogP contribution in [0.1, 0.15) is 12.5 Å². The largest absolute Gasteiger partial charge is 0.383 e. The Morgan fingerprint density at radius 1 is 1.20 bits per heavy atom. The van der Waals surface area contributed by atoms with Crippen molar-refractivity contribution in [3.63, 3.8) is 0 Å². The zero-order chi connectivity index (χ0) is 14.5. The van der Waals surface area contributed by atoms with Crippen molar-refractivity contribution in [3.8, 4) is 0 Å². The minimum absolute atomic E-state index is 0.258. The average Bonchev–Trinajstić information content (AvgIpc) is 2.43. The molecule has 0 radical (unpaired) electrons. The number of benzene rings is 1. The van der Waals surface area contributed by atoms with E-state index in [-0.39, 0.29) is 11.2 Å². The molecular formula is C15H19N3O2. The maximum absolute atomic E-state index is 12.0. The topological polar surface area (TPSA) is 56.0 Å². The highest BCUT2D eigenvalue weighted by molar-refractivity contribution is 5.45. The number of hydrogen-bond donors (Lipinski definition) is 1. The normalized spacial score (nSPS) is 10.5. The first-order valence-corrected chi connectivity index (χ1v) is 6.72. The number of hydrogen-bond acceptors (Lipinski definition) is 3. The molecule has 0 aliphatic rings. The molecule has 106 valence electrons. The number of nitrogens with one attached hydrogen (secondary N) is 1. The fourth-order valence-corrected chi connectivity index (χ4v) is 2.07. The molecule has 0 fully saturated rings. The Morgan fingerprint density at radius 2 is 2.00 bits per heavy atom. The van der Waals surface area contributed by atoms with Crippen molar-refractivity contribution in [2.24, 2.45) is 0 Å². The van der Waals surface area contributed by atoms with Gasteiger partial charge in [-0.15, -0.1) is 0 Å². The number of nitrogens with zero attached hydrogens (tertiary/aromatic N) is 2. The minimum Gasteiger partial charge on any atom is -0.383 e. The summed E-state index contributed by atoms with van der Waals surface area (Å²) in [4.78, 5) is 23.7. The zero-order valence-electron chi connectivity index (χ0n) is 11.8. The summed E-state index contributed by atoms with van der Waals surface area (Å²) in [6.07, 6.45) is 1.54. The van der Waals surface area contributed by atoms with Gasteiger partial charge in [-0.1, -0.05) is 12.1 Å². The lowest BCUT2D eigenvalue weighted by molar-refractivity contribution is 0.577. The van der Waals surface area contributed by atoms with E-state index in [0.29, 0.717) is 19.6 Å².